The fraction of sp³-hybridized carbons (Fsp3) is 0.100. The molecule has 0 bridgehead atoms. The van der Waals surface area contributed by atoms with Crippen LogP contribution in [0.5, 0.6) is 0 Å². The van der Waals surface area contributed by atoms with Crippen LogP contribution in [0.1, 0.15) is 10.4 Å². The number of amides is 1. The van der Waals surface area contributed by atoms with Crippen LogP contribution in [0.25, 0.3) is 10.9 Å². The van der Waals surface area contributed by atoms with Crippen molar-refractivity contribution in [1.29, 1.82) is 0 Å². The molecule has 0 aliphatic rings. The molecule has 2 rings (SSSR count). The van der Waals surface area contributed by atoms with Crippen molar-refractivity contribution >= 4 is 16.8 Å². The third-order valence-corrected chi connectivity index (χ3v) is 2.34. The molecule has 4 nitrogen and oxygen atoms in total. The van der Waals surface area contributed by atoms with Gasteiger partial charge in [0.25, 0.3) is 5.91 Å². The molecule has 0 aliphatic heterocycles. The Kier molecular flexibility index (Phi) is 2.17. The Hall–Kier alpha value is -1.88. The Morgan fingerprint density at radius 3 is 2.93 bits per heavy atom. The van der Waals surface area contributed by atoms with Crippen molar-refractivity contribution in [2.45, 2.75) is 0 Å². The van der Waals surface area contributed by atoms with Crippen molar-refractivity contribution in [3.05, 3.63) is 35.8 Å². The van der Waals surface area contributed by atoms with Crippen LogP contribution < -0.4 is 11.3 Å². The van der Waals surface area contributed by atoms with Crippen LogP contribution in [0.2, 0.25) is 0 Å². The molecule has 1 heterocycles. The van der Waals surface area contributed by atoms with E-state index in [9.17, 15) is 9.18 Å². The Bertz CT molecular complexity index is 533. The highest BCUT2D eigenvalue weighted by Gasteiger charge is 2.15. The summed E-state index contributed by atoms with van der Waals surface area (Å²) in [4.78, 5) is 11.4. The number of carbonyl (C=O) groups is 1. The highest BCUT2D eigenvalue weighted by atomic mass is 19.1. The number of fused-ring (bicyclic) bond motifs is 1. The number of aromatic nitrogens is 1. The summed E-state index contributed by atoms with van der Waals surface area (Å²) >= 11 is 0. The van der Waals surface area contributed by atoms with E-state index in [4.69, 9.17) is 5.84 Å². The lowest BCUT2D eigenvalue weighted by Gasteiger charge is -1.97. The van der Waals surface area contributed by atoms with Crippen molar-refractivity contribution in [3.63, 3.8) is 0 Å². The van der Waals surface area contributed by atoms with Crippen molar-refractivity contribution in [3.8, 4) is 0 Å². The Morgan fingerprint density at radius 2 is 2.27 bits per heavy atom. The number of rotatable bonds is 1. The summed E-state index contributed by atoms with van der Waals surface area (Å²) in [7, 11) is 1.75. The minimum Gasteiger partial charge on any atom is -0.350 e. The molecule has 0 spiro atoms. The maximum atomic E-state index is 13.5. The van der Waals surface area contributed by atoms with E-state index in [0.29, 0.717) is 10.9 Å². The molecule has 0 saturated carbocycles. The van der Waals surface area contributed by atoms with Gasteiger partial charge in [-0.2, -0.15) is 0 Å². The molecule has 5 heteroatoms. The first-order chi connectivity index (χ1) is 7.15. The van der Waals surface area contributed by atoms with Gasteiger partial charge in [0, 0.05) is 18.6 Å². The number of hydrogen-bond acceptors (Lipinski definition) is 2. The lowest BCUT2D eigenvalue weighted by atomic mass is 10.1. The quantitative estimate of drug-likeness (QED) is 0.415. The largest absolute Gasteiger partial charge is 0.350 e. The van der Waals surface area contributed by atoms with Gasteiger partial charge in [0.1, 0.15) is 5.82 Å². The molecule has 0 unspecified atom stereocenters. The second-order valence-corrected chi connectivity index (χ2v) is 3.26. The molecule has 0 radical (unpaired) electrons. The van der Waals surface area contributed by atoms with Crippen molar-refractivity contribution < 1.29 is 9.18 Å². The molecule has 1 amide bonds. The predicted octanol–water partition coefficient (Wildman–Crippen LogP) is 0.921. The zero-order chi connectivity index (χ0) is 11.0. The normalized spacial score (nSPS) is 10.6. The smallest absolute Gasteiger partial charge is 0.267 e. The van der Waals surface area contributed by atoms with Crippen LogP contribution in [0, 0.1) is 5.82 Å². The summed E-state index contributed by atoms with van der Waals surface area (Å²) < 4.78 is 15.2. The monoisotopic (exact) mass is 207 g/mol. The van der Waals surface area contributed by atoms with E-state index in [2.05, 4.69) is 0 Å². The molecule has 1 aromatic heterocycles. The van der Waals surface area contributed by atoms with Gasteiger partial charge in [0.15, 0.2) is 0 Å². The molecule has 0 saturated heterocycles. The molecule has 0 fully saturated rings. The first-order valence-corrected chi connectivity index (χ1v) is 4.39. The minimum absolute atomic E-state index is 0.244. The number of benzene rings is 1. The van der Waals surface area contributed by atoms with Crippen LogP contribution in [-0.2, 0) is 7.05 Å². The van der Waals surface area contributed by atoms with E-state index in [1.54, 1.807) is 29.9 Å². The van der Waals surface area contributed by atoms with Crippen molar-refractivity contribution in [2.75, 3.05) is 0 Å². The zero-order valence-electron chi connectivity index (χ0n) is 8.12. The number of nitrogen functional groups attached to an aromatic ring is 1. The van der Waals surface area contributed by atoms with Crippen molar-refractivity contribution in [1.82, 2.24) is 9.99 Å². The van der Waals surface area contributed by atoms with E-state index in [1.807, 2.05) is 5.43 Å². The van der Waals surface area contributed by atoms with Gasteiger partial charge in [-0.15, -0.1) is 0 Å². The zero-order valence-corrected chi connectivity index (χ0v) is 8.12. The highest BCUT2D eigenvalue weighted by Crippen LogP contribution is 2.23. The Labute approximate surface area is 85.4 Å². The molecule has 15 heavy (non-hydrogen) atoms. The lowest BCUT2D eigenvalue weighted by Crippen LogP contribution is -2.29. The van der Waals surface area contributed by atoms with Crippen LogP contribution in [-0.4, -0.2) is 10.5 Å². The van der Waals surface area contributed by atoms with Crippen LogP contribution in [0.4, 0.5) is 4.39 Å². The van der Waals surface area contributed by atoms with Gasteiger partial charge in [-0.1, -0.05) is 6.07 Å². The number of hydrogen-bond donors (Lipinski definition) is 2. The van der Waals surface area contributed by atoms with Gasteiger partial charge in [0.05, 0.1) is 11.1 Å². The Balaban J connectivity index is 2.81. The van der Waals surface area contributed by atoms with E-state index >= 15 is 0 Å². The minimum atomic E-state index is -0.495. The van der Waals surface area contributed by atoms with E-state index in [0.717, 1.165) is 0 Å². The third-order valence-electron chi connectivity index (χ3n) is 2.34. The van der Waals surface area contributed by atoms with Gasteiger partial charge >= 0.3 is 0 Å². The fourth-order valence-corrected chi connectivity index (χ4v) is 1.65. The van der Waals surface area contributed by atoms with Gasteiger partial charge in [-0.25, -0.2) is 10.2 Å². The van der Waals surface area contributed by atoms with Gasteiger partial charge < -0.3 is 4.57 Å². The molecular weight excluding hydrogens is 197 g/mol. The average Bonchev–Trinajstić information content (AvgIpc) is 2.57. The second-order valence-electron chi connectivity index (χ2n) is 3.26. The van der Waals surface area contributed by atoms with E-state index < -0.39 is 11.7 Å². The standard InChI is InChI=1S/C10H10FN3O/c1-14-5-6(10(15)13-12)9-7(11)3-2-4-8(9)14/h2-5H,12H2,1H3,(H,13,15). The molecule has 78 valence electrons. The number of hydrazine groups is 1. The molecule has 3 N–H and O–H groups in total. The average molecular weight is 207 g/mol. The topological polar surface area (TPSA) is 60.0 Å². The van der Waals surface area contributed by atoms with E-state index in [-0.39, 0.29) is 5.56 Å². The number of aryl methyl sites for hydroxylation is 1. The summed E-state index contributed by atoms with van der Waals surface area (Å²) in [6.45, 7) is 0. The maximum absolute atomic E-state index is 13.5. The predicted molar refractivity (Wildman–Crippen MR) is 54.5 cm³/mol. The lowest BCUT2D eigenvalue weighted by molar-refractivity contribution is 0.0955. The van der Waals surface area contributed by atoms with Gasteiger partial charge in [-0.3, -0.25) is 10.2 Å². The van der Waals surface area contributed by atoms with Crippen molar-refractivity contribution in [2.24, 2.45) is 12.9 Å². The van der Waals surface area contributed by atoms with Gasteiger partial charge in [0.2, 0.25) is 0 Å². The first-order valence-electron chi connectivity index (χ1n) is 4.39. The summed E-state index contributed by atoms with van der Waals surface area (Å²) in [5, 5.41) is 0.294. The third kappa shape index (κ3) is 1.37. The number of nitrogens with zero attached hydrogens (tertiary/aromatic N) is 1. The summed E-state index contributed by atoms with van der Waals surface area (Å²) in [5.74, 6) is 4.10. The summed E-state index contributed by atoms with van der Waals surface area (Å²) in [6, 6.07) is 4.66. The summed E-state index contributed by atoms with van der Waals surface area (Å²) in [5.41, 5.74) is 2.90. The van der Waals surface area contributed by atoms with Crippen LogP contribution >= 0.6 is 0 Å². The number of nitrogens with one attached hydrogen (secondary N) is 1. The second kappa shape index (κ2) is 3.36. The van der Waals surface area contributed by atoms with E-state index in [1.165, 1.54) is 6.07 Å². The molecular formula is C10H10FN3O. The number of halogens is 1. The first kappa shape index (κ1) is 9.67. The summed E-state index contributed by atoms with van der Waals surface area (Å²) in [6.07, 6.45) is 1.55. The molecule has 2 aromatic rings. The van der Waals surface area contributed by atoms with Crippen LogP contribution in [0.3, 0.4) is 0 Å². The highest BCUT2D eigenvalue weighted by molar-refractivity contribution is 6.06. The number of carbonyl (C=O) groups excluding carboxylic acids is 1. The fourth-order valence-electron chi connectivity index (χ4n) is 1.65. The maximum Gasteiger partial charge on any atom is 0.267 e. The van der Waals surface area contributed by atoms with Gasteiger partial charge in [-0.05, 0) is 12.1 Å². The van der Waals surface area contributed by atoms with Crippen LogP contribution in [0.15, 0.2) is 24.4 Å². The number of nitrogens with two attached hydrogens (primary N) is 1. The SMILES string of the molecule is Cn1cc(C(=O)NN)c2c(F)cccc21. The molecule has 1 aromatic carbocycles. The molecule has 0 atom stereocenters. The molecule has 0 aliphatic carbocycles. The Morgan fingerprint density at radius 1 is 1.53 bits per heavy atom.